The number of para-hydroxylation sites is 1. The van der Waals surface area contributed by atoms with E-state index in [-0.39, 0.29) is 12.2 Å². The van der Waals surface area contributed by atoms with Crippen molar-refractivity contribution in [2.75, 3.05) is 13.2 Å². The molecule has 1 atom stereocenters. The summed E-state index contributed by atoms with van der Waals surface area (Å²) in [5.41, 5.74) is 3.88. The van der Waals surface area contributed by atoms with Crippen LogP contribution in [-0.2, 0) is 13.1 Å². The second-order valence-corrected chi connectivity index (χ2v) is 9.95. The number of aryl methyl sites for hydroxylation is 1. The molecule has 7 heteroatoms. The molecule has 0 amide bonds. The summed E-state index contributed by atoms with van der Waals surface area (Å²) in [5, 5.41) is 13.4. The average molecular weight is 512 g/mol. The Kier molecular flexibility index (Phi) is 7.75. The van der Waals surface area contributed by atoms with Crippen LogP contribution in [0, 0.1) is 6.92 Å². The number of aromatic nitrogens is 2. The van der Waals surface area contributed by atoms with Gasteiger partial charge in [-0.15, -0.1) is 11.3 Å². The third-order valence-corrected chi connectivity index (χ3v) is 7.07. The molecule has 2 aromatic heterocycles. The molecule has 0 aliphatic rings. The van der Waals surface area contributed by atoms with Crippen molar-refractivity contribution in [2.24, 2.45) is 0 Å². The van der Waals surface area contributed by atoms with E-state index in [1.54, 1.807) is 0 Å². The molecule has 5 rings (SSSR count). The monoisotopic (exact) mass is 511 g/mol. The average Bonchev–Trinajstić information content (AvgIpc) is 3.34. The van der Waals surface area contributed by atoms with Crippen molar-refractivity contribution < 1.29 is 9.84 Å². The lowest BCUT2D eigenvalue weighted by Gasteiger charge is -2.25. The van der Waals surface area contributed by atoms with Gasteiger partial charge in [0.1, 0.15) is 29.1 Å². The molecule has 0 unspecified atom stereocenters. The molecule has 6 nitrogen and oxygen atoms in total. The number of hydrogen-bond donors (Lipinski definition) is 2. The van der Waals surface area contributed by atoms with Gasteiger partial charge in [-0.1, -0.05) is 78.9 Å². The second kappa shape index (κ2) is 11.5. The zero-order chi connectivity index (χ0) is 25.6. The Morgan fingerprint density at radius 2 is 1.68 bits per heavy atom. The Morgan fingerprint density at radius 3 is 2.43 bits per heavy atom. The van der Waals surface area contributed by atoms with Crippen LogP contribution in [0.3, 0.4) is 0 Å². The first-order valence-corrected chi connectivity index (χ1v) is 13.1. The first-order valence-electron chi connectivity index (χ1n) is 12.3. The molecule has 3 aromatic carbocycles. The fourth-order valence-electron chi connectivity index (χ4n) is 4.39. The number of fused-ring (bicyclic) bond motifs is 1. The number of nitrogens with one attached hydrogen (secondary N) is 1. The highest BCUT2D eigenvalue weighted by Crippen LogP contribution is 2.30. The molecule has 0 aliphatic carbocycles. The zero-order valence-electron chi connectivity index (χ0n) is 20.6. The molecule has 2 N–H and O–H groups in total. The Hall–Kier alpha value is -3.78. The van der Waals surface area contributed by atoms with Crippen molar-refractivity contribution in [1.29, 1.82) is 0 Å². The lowest BCUT2D eigenvalue weighted by Crippen LogP contribution is -2.36. The molecule has 5 aromatic rings. The fourth-order valence-corrected chi connectivity index (χ4v) is 5.36. The van der Waals surface area contributed by atoms with E-state index in [0.29, 0.717) is 35.7 Å². The van der Waals surface area contributed by atoms with Gasteiger partial charge >= 0.3 is 0 Å². The minimum absolute atomic E-state index is 0.150. The van der Waals surface area contributed by atoms with Crippen LogP contribution < -0.4 is 10.3 Å². The summed E-state index contributed by atoms with van der Waals surface area (Å²) in [5.74, 6) is 1.33. The molecule has 2 heterocycles. The summed E-state index contributed by atoms with van der Waals surface area (Å²) >= 11 is 1.47. The highest BCUT2D eigenvalue weighted by atomic mass is 32.1. The summed E-state index contributed by atoms with van der Waals surface area (Å²) in [6.45, 7) is 3.51. The molecule has 0 radical (unpaired) electrons. The lowest BCUT2D eigenvalue weighted by molar-refractivity contribution is 0.0617. The third-order valence-electron chi connectivity index (χ3n) is 6.19. The molecule has 37 heavy (non-hydrogen) atoms. The van der Waals surface area contributed by atoms with Crippen LogP contribution in [0.1, 0.15) is 17.0 Å². The van der Waals surface area contributed by atoms with Gasteiger partial charge < -0.3 is 14.8 Å². The fraction of sp³-hybridized carbons (Fsp3) is 0.200. The maximum absolute atomic E-state index is 13.1. The van der Waals surface area contributed by atoms with E-state index in [0.717, 1.165) is 28.0 Å². The van der Waals surface area contributed by atoms with Gasteiger partial charge in [0.15, 0.2) is 0 Å². The van der Waals surface area contributed by atoms with Crippen LogP contribution in [0.2, 0.25) is 0 Å². The molecule has 188 valence electrons. The van der Waals surface area contributed by atoms with E-state index >= 15 is 0 Å². The Bertz CT molecular complexity index is 1520. The SMILES string of the molecule is Cc1ccccc1OC[C@@H](O)CN(Cc1ccccc1)Cc1nc2scc(-c3ccccc3)c2c(=O)[nH]1. The van der Waals surface area contributed by atoms with Crippen LogP contribution >= 0.6 is 11.3 Å². The van der Waals surface area contributed by atoms with Crippen molar-refractivity contribution >= 4 is 21.6 Å². The highest BCUT2D eigenvalue weighted by molar-refractivity contribution is 7.17. The molecular formula is C30H29N3O3S. The maximum atomic E-state index is 13.1. The first kappa shape index (κ1) is 24.9. The van der Waals surface area contributed by atoms with Crippen LogP contribution in [0.15, 0.2) is 95.1 Å². The van der Waals surface area contributed by atoms with E-state index in [4.69, 9.17) is 9.72 Å². The Labute approximate surface area is 219 Å². The summed E-state index contributed by atoms with van der Waals surface area (Å²) in [7, 11) is 0. The number of ether oxygens (including phenoxy) is 1. The predicted molar refractivity (Wildman–Crippen MR) is 149 cm³/mol. The lowest BCUT2D eigenvalue weighted by atomic mass is 10.1. The zero-order valence-corrected chi connectivity index (χ0v) is 21.4. The van der Waals surface area contributed by atoms with Crippen molar-refractivity contribution in [3.05, 3.63) is 118 Å². The van der Waals surface area contributed by atoms with E-state index in [2.05, 4.69) is 9.88 Å². The number of rotatable bonds is 10. The molecule has 0 saturated heterocycles. The number of H-pyrrole nitrogens is 1. The van der Waals surface area contributed by atoms with E-state index in [1.165, 1.54) is 11.3 Å². The topological polar surface area (TPSA) is 78.5 Å². The minimum atomic E-state index is -0.717. The number of aliphatic hydroxyl groups excluding tert-OH is 1. The van der Waals surface area contributed by atoms with Crippen LogP contribution in [0.4, 0.5) is 0 Å². The van der Waals surface area contributed by atoms with Crippen molar-refractivity contribution in [3.8, 4) is 16.9 Å². The summed E-state index contributed by atoms with van der Waals surface area (Å²) in [4.78, 5) is 23.7. The van der Waals surface area contributed by atoms with Crippen molar-refractivity contribution in [2.45, 2.75) is 26.1 Å². The number of hydrogen-bond acceptors (Lipinski definition) is 6. The van der Waals surface area contributed by atoms with Gasteiger partial charge in [0.25, 0.3) is 5.56 Å². The normalized spacial score (nSPS) is 12.2. The van der Waals surface area contributed by atoms with Crippen LogP contribution in [0.25, 0.3) is 21.3 Å². The van der Waals surface area contributed by atoms with Gasteiger partial charge in [0.05, 0.1) is 11.9 Å². The van der Waals surface area contributed by atoms with E-state index in [9.17, 15) is 9.90 Å². The van der Waals surface area contributed by atoms with E-state index in [1.807, 2.05) is 97.2 Å². The molecule has 0 aliphatic heterocycles. The first-order chi connectivity index (χ1) is 18.1. The van der Waals surface area contributed by atoms with Gasteiger partial charge in [-0.2, -0.15) is 0 Å². The summed E-state index contributed by atoms with van der Waals surface area (Å²) < 4.78 is 5.87. The number of nitrogens with zero attached hydrogens (tertiary/aromatic N) is 2. The molecule has 0 fully saturated rings. The van der Waals surface area contributed by atoms with Gasteiger partial charge in [-0.25, -0.2) is 4.98 Å². The number of benzene rings is 3. The number of thiophene rings is 1. The Morgan fingerprint density at radius 1 is 0.973 bits per heavy atom. The quantitative estimate of drug-likeness (QED) is 0.262. The molecule has 0 saturated carbocycles. The molecule has 0 spiro atoms. The summed E-state index contributed by atoms with van der Waals surface area (Å²) in [6, 6.07) is 27.7. The minimum Gasteiger partial charge on any atom is -0.491 e. The standard InChI is InChI=1S/C30H29N3O3S/c1-21-10-8-9-15-26(21)36-19-24(34)17-33(16-22-11-4-2-5-12-22)18-27-31-29(35)28-25(20-37-30(28)32-27)23-13-6-3-7-14-23/h2-15,20,24,34H,16-19H2,1H3,(H,31,32,35)/t24-/m0/s1. The largest absolute Gasteiger partial charge is 0.491 e. The predicted octanol–water partition coefficient (Wildman–Crippen LogP) is 5.40. The van der Waals surface area contributed by atoms with Gasteiger partial charge in [0.2, 0.25) is 0 Å². The second-order valence-electron chi connectivity index (χ2n) is 9.09. The summed E-state index contributed by atoms with van der Waals surface area (Å²) in [6.07, 6.45) is -0.717. The smallest absolute Gasteiger partial charge is 0.260 e. The van der Waals surface area contributed by atoms with Crippen LogP contribution in [0.5, 0.6) is 5.75 Å². The van der Waals surface area contributed by atoms with Crippen molar-refractivity contribution in [3.63, 3.8) is 0 Å². The third kappa shape index (κ3) is 6.14. The Balaban J connectivity index is 1.35. The number of aromatic amines is 1. The van der Waals surface area contributed by atoms with Gasteiger partial charge in [-0.3, -0.25) is 9.69 Å². The van der Waals surface area contributed by atoms with Crippen molar-refractivity contribution in [1.82, 2.24) is 14.9 Å². The molecule has 0 bridgehead atoms. The number of aliphatic hydroxyl groups is 1. The van der Waals surface area contributed by atoms with Gasteiger partial charge in [-0.05, 0) is 29.7 Å². The highest BCUT2D eigenvalue weighted by Gasteiger charge is 2.18. The van der Waals surface area contributed by atoms with Gasteiger partial charge in [0, 0.05) is 24.0 Å². The maximum Gasteiger partial charge on any atom is 0.260 e. The van der Waals surface area contributed by atoms with Crippen LogP contribution in [-0.4, -0.2) is 39.2 Å². The molecular weight excluding hydrogens is 482 g/mol. The van der Waals surface area contributed by atoms with E-state index < -0.39 is 6.10 Å².